The van der Waals surface area contributed by atoms with E-state index in [9.17, 15) is 36.2 Å². The number of nitriles is 1. The molecule has 8 nitrogen and oxygen atoms in total. The predicted molar refractivity (Wildman–Crippen MR) is 174 cm³/mol. The molecule has 46 heavy (non-hydrogen) atoms. The number of benzene rings is 3. The highest BCUT2D eigenvalue weighted by Gasteiger charge is 2.51. The molecule has 2 unspecified atom stereocenters. The molecule has 0 radical (unpaired) electrons. The van der Waals surface area contributed by atoms with Gasteiger partial charge in [-0.05, 0) is 94.0 Å². The molecule has 2 atom stereocenters. The molecule has 3 aromatic carbocycles. The first-order valence-electron chi connectivity index (χ1n) is 14.8. The standard InChI is InChI=1S/C33H35F3N4O4S2/c1-21-4-6-23(7-5-21)29(46(42,43)44)18-22-14-16-38(17-15-22)25-10-12-26(13-11-25)40-31(45)39(30(41)32(40,2)3)27-9-8-24(20-37)28(19-27)33(34,35)36/h4-13,19,22,29,31,45H,14-18H2,1-3H3,(H,42,43,44). The van der Waals surface area contributed by atoms with Crippen LogP contribution in [0.1, 0.15) is 60.6 Å². The first-order chi connectivity index (χ1) is 21.5. The van der Waals surface area contributed by atoms with Crippen LogP contribution in [0, 0.1) is 24.2 Å². The number of piperidine rings is 1. The van der Waals surface area contributed by atoms with Crippen molar-refractivity contribution < 1.29 is 30.9 Å². The monoisotopic (exact) mass is 672 g/mol. The lowest BCUT2D eigenvalue weighted by Crippen LogP contribution is -2.45. The molecule has 1 N–H and O–H groups in total. The highest BCUT2D eigenvalue weighted by atomic mass is 32.2. The average molecular weight is 673 g/mol. The molecule has 244 valence electrons. The molecular formula is C33H35F3N4O4S2. The van der Waals surface area contributed by atoms with Gasteiger partial charge in [-0.15, -0.1) is 12.6 Å². The molecular weight excluding hydrogens is 638 g/mol. The summed E-state index contributed by atoms with van der Waals surface area (Å²) in [5.74, 6) is -0.332. The number of hydrogen-bond acceptors (Lipinski definition) is 7. The van der Waals surface area contributed by atoms with E-state index in [2.05, 4.69) is 17.5 Å². The minimum Gasteiger partial charge on any atom is -0.372 e. The Morgan fingerprint density at radius 3 is 2.11 bits per heavy atom. The number of carbonyl (C=O) groups excluding carboxylic acids is 1. The van der Waals surface area contributed by atoms with Gasteiger partial charge in [-0.2, -0.15) is 26.9 Å². The van der Waals surface area contributed by atoms with E-state index < -0.39 is 49.6 Å². The molecule has 2 heterocycles. The Kier molecular flexibility index (Phi) is 9.11. The maximum Gasteiger partial charge on any atom is 0.417 e. The van der Waals surface area contributed by atoms with Crippen molar-refractivity contribution in [2.45, 2.75) is 62.5 Å². The van der Waals surface area contributed by atoms with Gasteiger partial charge in [0.1, 0.15) is 10.8 Å². The van der Waals surface area contributed by atoms with Crippen LogP contribution in [0.2, 0.25) is 0 Å². The van der Waals surface area contributed by atoms with Crippen molar-refractivity contribution in [1.29, 1.82) is 5.26 Å². The number of anilines is 3. The number of nitrogens with zero attached hydrogens (tertiary/aromatic N) is 4. The molecule has 0 spiro atoms. The summed E-state index contributed by atoms with van der Waals surface area (Å²) in [5, 5.41) is 8.19. The summed E-state index contributed by atoms with van der Waals surface area (Å²) >= 11 is 4.66. The minimum atomic E-state index is -4.77. The topological polar surface area (TPSA) is 105 Å². The van der Waals surface area contributed by atoms with Crippen LogP contribution in [0.3, 0.4) is 0 Å². The molecule has 0 aromatic heterocycles. The van der Waals surface area contributed by atoms with Crippen LogP contribution in [0.25, 0.3) is 0 Å². The molecule has 0 saturated carbocycles. The Bertz CT molecular complexity index is 1750. The first-order valence-corrected chi connectivity index (χ1v) is 16.8. The zero-order valence-corrected chi connectivity index (χ0v) is 27.3. The lowest BCUT2D eigenvalue weighted by atomic mass is 9.90. The van der Waals surface area contributed by atoms with E-state index in [4.69, 9.17) is 0 Å². The van der Waals surface area contributed by atoms with E-state index in [-0.39, 0.29) is 11.6 Å². The summed E-state index contributed by atoms with van der Waals surface area (Å²) in [6.45, 7) is 6.66. The molecule has 1 amide bonds. The fourth-order valence-electron chi connectivity index (χ4n) is 6.39. The van der Waals surface area contributed by atoms with Gasteiger partial charge in [0.25, 0.3) is 16.0 Å². The predicted octanol–water partition coefficient (Wildman–Crippen LogP) is 6.97. The Hall–Kier alpha value is -3.73. The molecule has 2 fully saturated rings. The number of halogens is 3. The van der Waals surface area contributed by atoms with Gasteiger partial charge in [0.2, 0.25) is 0 Å². The van der Waals surface area contributed by atoms with E-state index in [1.54, 1.807) is 36.9 Å². The van der Waals surface area contributed by atoms with Crippen molar-refractivity contribution in [2.24, 2.45) is 5.92 Å². The SMILES string of the molecule is Cc1ccc(C(CC2CCN(c3ccc(N4C(S)N(c5ccc(C#N)c(C(F)(F)F)c5)C(=O)C4(C)C)cc3)CC2)S(=O)(=O)O)cc1. The van der Waals surface area contributed by atoms with Crippen LogP contribution in [0.4, 0.5) is 30.2 Å². The summed E-state index contributed by atoms with van der Waals surface area (Å²) in [5.41, 5.74) is -0.538. The van der Waals surface area contributed by atoms with Gasteiger partial charge in [0.05, 0.1) is 17.2 Å². The number of rotatable bonds is 7. The van der Waals surface area contributed by atoms with Crippen LogP contribution in [-0.2, 0) is 21.1 Å². The molecule has 5 rings (SSSR count). The maximum atomic E-state index is 13.7. The van der Waals surface area contributed by atoms with Crippen molar-refractivity contribution >= 4 is 45.7 Å². The average Bonchev–Trinajstić information content (AvgIpc) is 3.18. The van der Waals surface area contributed by atoms with Gasteiger partial charge in [0.15, 0.2) is 5.50 Å². The van der Waals surface area contributed by atoms with E-state index in [0.717, 1.165) is 36.2 Å². The molecule has 2 aliphatic heterocycles. The molecule has 2 saturated heterocycles. The van der Waals surface area contributed by atoms with Gasteiger partial charge >= 0.3 is 6.18 Å². The van der Waals surface area contributed by atoms with Gasteiger partial charge in [-0.1, -0.05) is 29.8 Å². The number of hydrogen-bond donors (Lipinski definition) is 2. The Balaban J connectivity index is 1.29. The van der Waals surface area contributed by atoms with Gasteiger partial charge in [-0.25, -0.2) is 0 Å². The second kappa shape index (κ2) is 12.5. The van der Waals surface area contributed by atoms with Crippen LogP contribution < -0.4 is 14.7 Å². The highest BCUT2D eigenvalue weighted by Crippen LogP contribution is 2.43. The summed E-state index contributed by atoms with van der Waals surface area (Å²) in [4.78, 5) is 18.7. The lowest BCUT2D eigenvalue weighted by Gasteiger charge is -2.36. The third-order valence-corrected chi connectivity index (χ3v) is 10.6. The fraction of sp³-hybridized carbons (Fsp3) is 0.394. The van der Waals surface area contributed by atoms with E-state index in [0.29, 0.717) is 30.8 Å². The van der Waals surface area contributed by atoms with E-state index in [1.165, 1.54) is 11.0 Å². The zero-order valence-electron chi connectivity index (χ0n) is 25.6. The van der Waals surface area contributed by atoms with Crippen LogP contribution in [-0.4, -0.2) is 43.0 Å². The molecule has 3 aromatic rings. The lowest BCUT2D eigenvalue weighted by molar-refractivity contribution is -0.137. The molecule has 0 bridgehead atoms. The van der Waals surface area contributed by atoms with Crippen molar-refractivity contribution in [3.8, 4) is 6.07 Å². The van der Waals surface area contributed by atoms with Crippen LogP contribution in [0.5, 0.6) is 0 Å². The van der Waals surface area contributed by atoms with Gasteiger partial charge in [0, 0.05) is 30.2 Å². The molecule has 0 aliphatic carbocycles. The quantitative estimate of drug-likeness (QED) is 0.207. The second-order valence-electron chi connectivity index (χ2n) is 12.4. The summed E-state index contributed by atoms with van der Waals surface area (Å²) in [6.07, 6.45) is -2.96. The Labute approximate surface area is 272 Å². The van der Waals surface area contributed by atoms with E-state index >= 15 is 0 Å². The van der Waals surface area contributed by atoms with Crippen molar-refractivity contribution in [1.82, 2.24) is 0 Å². The van der Waals surface area contributed by atoms with Crippen molar-refractivity contribution in [2.75, 3.05) is 27.8 Å². The third kappa shape index (κ3) is 6.56. The number of amides is 1. The van der Waals surface area contributed by atoms with E-state index in [1.807, 2.05) is 43.3 Å². The van der Waals surface area contributed by atoms with Crippen molar-refractivity contribution in [3.63, 3.8) is 0 Å². The highest BCUT2D eigenvalue weighted by molar-refractivity contribution is 7.86. The largest absolute Gasteiger partial charge is 0.417 e. The van der Waals surface area contributed by atoms with Gasteiger partial charge < -0.3 is 9.80 Å². The number of alkyl halides is 3. The zero-order chi connectivity index (χ0) is 33.6. The normalized spacial score (nSPS) is 19.8. The fourth-order valence-corrected chi connectivity index (χ4v) is 8.07. The van der Waals surface area contributed by atoms with Crippen LogP contribution >= 0.6 is 12.6 Å². The van der Waals surface area contributed by atoms with Crippen LogP contribution in [0.15, 0.2) is 66.7 Å². The minimum absolute atomic E-state index is 0.00925. The Morgan fingerprint density at radius 1 is 1.00 bits per heavy atom. The number of aryl methyl sites for hydroxylation is 1. The molecule has 2 aliphatic rings. The first kappa shape index (κ1) is 33.6. The smallest absolute Gasteiger partial charge is 0.372 e. The number of thiol groups is 1. The van der Waals surface area contributed by atoms with Crippen molar-refractivity contribution in [3.05, 3.63) is 89.0 Å². The number of carbonyl (C=O) groups is 1. The molecule has 13 heteroatoms. The second-order valence-corrected chi connectivity index (χ2v) is 14.4. The Morgan fingerprint density at radius 2 is 1.57 bits per heavy atom. The third-order valence-electron chi connectivity index (χ3n) is 8.98. The summed E-state index contributed by atoms with van der Waals surface area (Å²) in [7, 11) is -4.28. The summed E-state index contributed by atoms with van der Waals surface area (Å²) < 4.78 is 75.5. The van der Waals surface area contributed by atoms with Gasteiger partial charge in [-0.3, -0.25) is 14.2 Å². The maximum absolute atomic E-state index is 13.7. The summed E-state index contributed by atoms with van der Waals surface area (Å²) in [6, 6.07) is 19.4.